The molecule has 0 bridgehead atoms. The summed E-state index contributed by atoms with van der Waals surface area (Å²) < 4.78 is 5.90. The van der Waals surface area contributed by atoms with E-state index >= 15 is 0 Å². The fourth-order valence-corrected chi connectivity index (χ4v) is 7.56. The number of benzene rings is 5. The number of nitrogens with zero attached hydrogens (tertiary/aromatic N) is 2. The molecule has 3 aliphatic heterocycles. The van der Waals surface area contributed by atoms with E-state index in [1.807, 2.05) is 72.8 Å². The molecule has 7 nitrogen and oxygen atoms in total. The summed E-state index contributed by atoms with van der Waals surface area (Å²) in [5, 5.41) is 3.08. The molecule has 5 aromatic rings. The SMILES string of the molecule is O=C1NC(=O)N(c2cc3c4c(c2)[C@H](c2ccccc2)CCN4CC[C@@H]3c2ccccc2)C(=O)/C1=C/c1ccc(OCc2ccc(Cl)cc2)cc1. The molecule has 8 rings (SSSR count). The number of anilines is 2. The van der Waals surface area contributed by atoms with Crippen LogP contribution in [-0.2, 0) is 16.2 Å². The number of halogens is 1. The quantitative estimate of drug-likeness (QED) is 0.138. The Balaban J connectivity index is 1.15. The summed E-state index contributed by atoms with van der Waals surface area (Å²) in [6, 6.07) is 38.5. The van der Waals surface area contributed by atoms with E-state index in [0.29, 0.717) is 28.6 Å². The van der Waals surface area contributed by atoms with E-state index in [-0.39, 0.29) is 17.4 Å². The molecule has 248 valence electrons. The van der Waals surface area contributed by atoms with Crippen LogP contribution >= 0.6 is 11.6 Å². The van der Waals surface area contributed by atoms with E-state index in [0.717, 1.165) is 47.5 Å². The van der Waals surface area contributed by atoms with Crippen molar-refractivity contribution in [2.45, 2.75) is 31.3 Å². The van der Waals surface area contributed by atoms with Gasteiger partial charge in [-0.25, -0.2) is 9.69 Å². The zero-order chi connectivity index (χ0) is 34.2. The van der Waals surface area contributed by atoms with Crippen LogP contribution in [0.5, 0.6) is 5.75 Å². The number of ether oxygens (including phenoxy) is 1. The van der Waals surface area contributed by atoms with Crippen LogP contribution in [-0.4, -0.2) is 30.9 Å². The molecule has 5 aromatic carbocycles. The van der Waals surface area contributed by atoms with Gasteiger partial charge in [-0.3, -0.25) is 14.9 Å². The lowest BCUT2D eigenvalue weighted by Gasteiger charge is -2.44. The Labute approximate surface area is 295 Å². The van der Waals surface area contributed by atoms with Crippen molar-refractivity contribution in [1.82, 2.24) is 5.32 Å². The Hall–Kier alpha value is -5.66. The number of urea groups is 1. The first kappa shape index (κ1) is 31.6. The molecular weight excluding hydrogens is 646 g/mol. The molecule has 0 unspecified atom stereocenters. The molecule has 0 saturated carbocycles. The normalized spacial score (nSPS) is 19.3. The number of carbonyl (C=O) groups is 3. The first-order valence-electron chi connectivity index (χ1n) is 16.8. The molecular formula is C42H34ClN3O4. The largest absolute Gasteiger partial charge is 0.489 e. The smallest absolute Gasteiger partial charge is 0.335 e. The Morgan fingerprint density at radius 1 is 0.740 bits per heavy atom. The van der Waals surface area contributed by atoms with Crippen molar-refractivity contribution in [3.63, 3.8) is 0 Å². The van der Waals surface area contributed by atoms with Crippen molar-refractivity contribution in [3.8, 4) is 5.75 Å². The summed E-state index contributed by atoms with van der Waals surface area (Å²) in [6.07, 6.45) is 3.35. The minimum Gasteiger partial charge on any atom is -0.489 e. The first-order valence-corrected chi connectivity index (χ1v) is 17.2. The van der Waals surface area contributed by atoms with E-state index in [2.05, 4.69) is 34.5 Å². The summed E-state index contributed by atoms with van der Waals surface area (Å²) in [6.45, 7) is 2.22. The molecule has 0 aromatic heterocycles. The number of hydrogen-bond donors (Lipinski definition) is 1. The van der Waals surface area contributed by atoms with Gasteiger partial charge in [0.05, 0.1) is 5.69 Å². The predicted molar refractivity (Wildman–Crippen MR) is 196 cm³/mol. The van der Waals surface area contributed by atoms with Gasteiger partial charge in [-0.2, -0.15) is 0 Å². The van der Waals surface area contributed by atoms with Crippen molar-refractivity contribution in [1.29, 1.82) is 0 Å². The van der Waals surface area contributed by atoms with Gasteiger partial charge >= 0.3 is 6.03 Å². The topological polar surface area (TPSA) is 79.0 Å². The van der Waals surface area contributed by atoms with Gasteiger partial charge in [-0.15, -0.1) is 0 Å². The van der Waals surface area contributed by atoms with Crippen LogP contribution in [0.2, 0.25) is 5.02 Å². The molecule has 3 heterocycles. The van der Waals surface area contributed by atoms with E-state index < -0.39 is 17.8 Å². The zero-order valence-corrected chi connectivity index (χ0v) is 28.0. The molecule has 2 atom stereocenters. The van der Waals surface area contributed by atoms with Gasteiger partial charge in [0.15, 0.2) is 0 Å². The van der Waals surface area contributed by atoms with Crippen LogP contribution < -0.4 is 19.9 Å². The van der Waals surface area contributed by atoms with Gasteiger partial charge < -0.3 is 9.64 Å². The van der Waals surface area contributed by atoms with Gasteiger partial charge in [-0.1, -0.05) is 96.5 Å². The van der Waals surface area contributed by atoms with E-state index in [1.165, 1.54) is 22.9 Å². The predicted octanol–water partition coefficient (Wildman–Crippen LogP) is 8.46. The second-order valence-electron chi connectivity index (χ2n) is 12.9. The fraction of sp³-hybridized carbons (Fsp3) is 0.167. The minimum absolute atomic E-state index is 0.0932. The fourth-order valence-electron chi connectivity index (χ4n) is 7.43. The maximum atomic E-state index is 14.2. The number of nitrogens with one attached hydrogen (secondary N) is 1. The Kier molecular flexibility index (Phi) is 8.43. The number of carbonyl (C=O) groups excluding carboxylic acids is 3. The number of barbiturate groups is 1. The standard InChI is InChI=1S/C42H34ClN3O4/c43-31-15-11-28(12-16-31)26-50-33-17-13-27(14-18-33)23-38-40(47)44-42(49)46(41(38)48)32-24-36-34(29-7-3-1-4-8-29)19-21-45-22-20-35(37(25-32)39(36)45)30-9-5-2-6-10-30/h1-18,23-25,34-35H,19-22,26H2,(H,44,47,49)/b38-23+/t34-,35+. The van der Waals surface area contributed by atoms with Crippen molar-refractivity contribution in [2.75, 3.05) is 22.9 Å². The van der Waals surface area contributed by atoms with Crippen LogP contribution in [0.3, 0.4) is 0 Å². The molecule has 1 N–H and O–H groups in total. The van der Waals surface area contributed by atoms with Crippen LogP contribution in [0.4, 0.5) is 16.2 Å². The second kappa shape index (κ2) is 13.3. The number of imide groups is 2. The van der Waals surface area contributed by atoms with Crippen molar-refractivity contribution < 1.29 is 19.1 Å². The summed E-state index contributed by atoms with van der Waals surface area (Å²) in [4.78, 5) is 44.4. The van der Waals surface area contributed by atoms with Gasteiger partial charge in [0.25, 0.3) is 11.8 Å². The lowest BCUT2D eigenvalue weighted by Crippen LogP contribution is -2.54. The van der Waals surface area contributed by atoms with Crippen LogP contribution in [0.1, 0.15) is 58.1 Å². The molecule has 50 heavy (non-hydrogen) atoms. The molecule has 1 saturated heterocycles. The molecule has 0 aliphatic carbocycles. The number of amides is 4. The lowest BCUT2D eigenvalue weighted by atomic mass is 9.76. The van der Waals surface area contributed by atoms with Crippen molar-refractivity contribution in [3.05, 3.63) is 165 Å². The monoisotopic (exact) mass is 679 g/mol. The molecule has 3 aliphatic rings. The maximum Gasteiger partial charge on any atom is 0.335 e. The average molecular weight is 680 g/mol. The van der Waals surface area contributed by atoms with E-state index in [1.54, 1.807) is 24.3 Å². The molecule has 4 amide bonds. The third-order valence-corrected chi connectivity index (χ3v) is 10.1. The molecule has 1 fully saturated rings. The highest BCUT2D eigenvalue weighted by molar-refractivity contribution is 6.39. The maximum absolute atomic E-state index is 14.2. The van der Waals surface area contributed by atoms with Gasteiger partial charge in [-0.05, 0) is 88.7 Å². The lowest BCUT2D eigenvalue weighted by molar-refractivity contribution is -0.122. The Bertz CT molecular complexity index is 2040. The number of rotatable bonds is 7. The highest BCUT2D eigenvalue weighted by atomic mass is 35.5. The zero-order valence-electron chi connectivity index (χ0n) is 27.2. The third kappa shape index (κ3) is 6.05. The first-order chi connectivity index (χ1) is 24.4. The van der Waals surface area contributed by atoms with Crippen LogP contribution in [0.25, 0.3) is 6.08 Å². The highest BCUT2D eigenvalue weighted by Crippen LogP contribution is 2.50. The Morgan fingerprint density at radius 3 is 1.90 bits per heavy atom. The second-order valence-corrected chi connectivity index (χ2v) is 13.3. The van der Waals surface area contributed by atoms with Crippen molar-refractivity contribution >= 4 is 46.9 Å². The van der Waals surface area contributed by atoms with Crippen LogP contribution in [0.15, 0.2) is 127 Å². The summed E-state index contributed by atoms with van der Waals surface area (Å²) in [5.74, 6) is -0.568. The summed E-state index contributed by atoms with van der Waals surface area (Å²) in [5.41, 5.74) is 7.69. The van der Waals surface area contributed by atoms with Crippen molar-refractivity contribution in [2.24, 2.45) is 0 Å². The minimum atomic E-state index is -0.758. The van der Waals surface area contributed by atoms with Gasteiger partial charge in [0, 0.05) is 35.6 Å². The third-order valence-electron chi connectivity index (χ3n) is 9.87. The molecule has 8 heteroatoms. The molecule has 0 spiro atoms. The summed E-state index contributed by atoms with van der Waals surface area (Å²) >= 11 is 5.98. The average Bonchev–Trinajstić information content (AvgIpc) is 3.14. The highest BCUT2D eigenvalue weighted by Gasteiger charge is 2.40. The van der Waals surface area contributed by atoms with E-state index in [4.69, 9.17) is 16.3 Å². The van der Waals surface area contributed by atoms with Gasteiger partial charge in [0.2, 0.25) is 0 Å². The Morgan fingerprint density at radius 2 is 1.32 bits per heavy atom. The summed E-state index contributed by atoms with van der Waals surface area (Å²) in [7, 11) is 0. The van der Waals surface area contributed by atoms with Gasteiger partial charge in [0.1, 0.15) is 17.9 Å². The van der Waals surface area contributed by atoms with Crippen LogP contribution in [0, 0.1) is 0 Å². The number of hydrogen-bond acceptors (Lipinski definition) is 5. The van der Waals surface area contributed by atoms with E-state index in [9.17, 15) is 14.4 Å². The molecule has 0 radical (unpaired) electrons.